The number of aromatic amines is 1. The minimum Gasteiger partial charge on any atom is -0.276 e. The van der Waals surface area contributed by atoms with Crippen molar-refractivity contribution in [2.75, 3.05) is 0 Å². The van der Waals surface area contributed by atoms with Gasteiger partial charge in [-0.3, -0.25) is 5.10 Å². The number of hydrogen-bond acceptors (Lipinski definition) is 2. The molecule has 0 radical (unpaired) electrons. The van der Waals surface area contributed by atoms with Crippen LogP contribution in [0.4, 0.5) is 0 Å². The number of rotatable bonds is 1. The normalized spacial score (nSPS) is 9.71. The van der Waals surface area contributed by atoms with Crippen molar-refractivity contribution in [2.45, 2.75) is 0 Å². The van der Waals surface area contributed by atoms with E-state index in [4.69, 9.17) is 5.26 Å². The number of benzene rings is 1. The monoisotopic (exact) mass is 247 g/mol. The second-order valence-corrected chi connectivity index (χ2v) is 3.61. The van der Waals surface area contributed by atoms with Gasteiger partial charge in [0.25, 0.3) is 0 Å². The second-order valence-electron chi connectivity index (χ2n) is 2.76. The highest BCUT2D eigenvalue weighted by Gasteiger charge is 2.05. The lowest BCUT2D eigenvalue weighted by molar-refractivity contribution is 1.08. The summed E-state index contributed by atoms with van der Waals surface area (Å²) in [4.78, 5) is 0. The number of nitrogens with zero attached hydrogens (tertiary/aromatic N) is 2. The number of H-pyrrole nitrogens is 1. The summed E-state index contributed by atoms with van der Waals surface area (Å²) >= 11 is 3.43. The van der Waals surface area contributed by atoms with Crippen molar-refractivity contribution in [3.63, 3.8) is 0 Å². The van der Waals surface area contributed by atoms with E-state index in [0.29, 0.717) is 5.69 Å². The lowest BCUT2D eigenvalue weighted by Crippen LogP contribution is -1.78. The van der Waals surface area contributed by atoms with E-state index in [0.717, 1.165) is 15.7 Å². The molecule has 14 heavy (non-hydrogen) atoms. The standard InChI is InChI=1S/C10H6BrN3/c11-9-4-2-1-3-8(9)10-5-7(6-12)13-14-10/h1-5H,(H,13,14). The van der Waals surface area contributed by atoms with Crippen molar-refractivity contribution in [2.24, 2.45) is 0 Å². The molecule has 0 bridgehead atoms. The highest BCUT2D eigenvalue weighted by Crippen LogP contribution is 2.26. The lowest BCUT2D eigenvalue weighted by Gasteiger charge is -1.98. The van der Waals surface area contributed by atoms with Gasteiger partial charge in [-0.15, -0.1) is 0 Å². The van der Waals surface area contributed by atoms with Crippen LogP contribution in [0.2, 0.25) is 0 Å². The number of halogens is 1. The SMILES string of the molecule is N#Cc1cc(-c2ccccc2Br)[nH]n1. The van der Waals surface area contributed by atoms with Gasteiger partial charge < -0.3 is 0 Å². The molecular formula is C10H6BrN3. The minimum absolute atomic E-state index is 0.399. The first kappa shape index (κ1) is 8.97. The molecule has 0 saturated heterocycles. The van der Waals surface area contributed by atoms with Gasteiger partial charge in [0.1, 0.15) is 6.07 Å². The zero-order chi connectivity index (χ0) is 9.97. The van der Waals surface area contributed by atoms with E-state index in [1.807, 2.05) is 30.3 Å². The zero-order valence-electron chi connectivity index (χ0n) is 7.16. The van der Waals surface area contributed by atoms with Crippen LogP contribution in [0.1, 0.15) is 5.69 Å². The summed E-state index contributed by atoms with van der Waals surface area (Å²) in [6.45, 7) is 0. The van der Waals surface area contributed by atoms with Gasteiger partial charge in [0.2, 0.25) is 0 Å². The maximum Gasteiger partial charge on any atom is 0.162 e. The number of aromatic nitrogens is 2. The predicted octanol–water partition coefficient (Wildman–Crippen LogP) is 2.71. The highest BCUT2D eigenvalue weighted by atomic mass is 79.9. The number of hydrogen-bond donors (Lipinski definition) is 1. The topological polar surface area (TPSA) is 52.5 Å². The fourth-order valence-electron chi connectivity index (χ4n) is 1.20. The first-order valence-electron chi connectivity index (χ1n) is 4.01. The van der Waals surface area contributed by atoms with Gasteiger partial charge in [0.05, 0.1) is 5.69 Å². The molecule has 0 amide bonds. The van der Waals surface area contributed by atoms with Gasteiger partial charge in [-0.1, -0.05) is 34.1 Å². The molecule has 2 rings (SSSR count). The van der Waals surface area contributed by atoms with Crippen LogP contribution >= 0.6 is 15.9 Å². The van der Waals surface area contributed by atoms with Gasteiger partial charge >= 0.3 is 0 Å². The van der Waals surface area contributed by atoms with Crippen molar-refractivity contribution < 1.29 is 0 Å². The molecule has 0 aliphatic rings. The number of nitriles is 1. The first-order valence-corrected chi connectivity index (χ1v) is 4.81. The van der Waals surface area contributed by atoms with Crippen LogP contribution in [0.5, 0.6) is 0 Å². The average Bonchev–Trinajstić information content (AvgIpc) is 2.67. The molecule has 3 nitrogen and oxygen atoms in total. The summed E-state index contributed by atoms with van der Waals surface area (Å²) in [6, 6.07) is 11.5. The Morgan fingerprint density at radius 1 is 1.36 bits per heavy atom. The molecule has 4 heteroatoms. The van der Waals surface area contributed by atoms with Gasteiger partial charge in [-0.2, -0.15) is 10.4 Å². The number of nitrogens with one attached hydrogen (secondary N) is 1. The molecule has 1 N–H and O–H groups in total. The van der Waals surface area contributed by atoms with Gasteiger partial charge in [-0.05, 0) is 6.07 Å². The third-order valence-corrected chi connectivity index (χ3v) is 2.55. The molecule has 0 fully saturated rings. The second kappa shape index (κ2) is 3.64. The molecule has 0 aliphatic carbocycles. The van der Waals surface area contributed by atoms with Crippen molar-refractivity contribution in [3.05, 3.63) is 40.5 Å². The molecule has 68 valence electrons. The van der Waals surface area contributed by atoms with Crippen LogP contribution in [0, 0.1) is 11.3 Å². The van der Waals surface area contributed by atoms with Crippen LogP contribution in [0.25, 0.3) is 11.3 Å². The average molecular weight is 248 g/mol. The van der Waals surface area contributed by atoms with Gasteiger partial charge in [0, 0.05) is 16.1 Å². The van der Waals surface area contributed by atoms with E-state index in [1.165, 1.54) is 0 Å². The Hall–Kier alpha value is -1.60. The van der Waals surface area contributed by atoms with Crippen LogP contribution in [-0.2, 0) is 0 Å². The Morgan fingerprint density at radius 2 is 2.14 bits per heavy atom. The molecule has 1 heterocycles. The summed E-state index contributed by atoms with van der Waals surface area (Å²) in [5.41, 5.74) is 2.24. The summed E-state index contributed by atoms with van der Waals surface area (Å²) in [7, 11) is 0. The first-order chi connectivity index (χ1) is 6.81. The highest BCUT2D eigenvalue weighted by molar-refractivity contribution is 9.10. The van der Waals surface area contributed by atoms with Crippen LogP contribution < -0.4 is 0 Å². The maximum absolute atomic E-state index is 8.62. The summed E-state index contributed by atoms with van der Waals surface area (Å²) in [6.07, 6.45) is 0. The van der Waals surface area contributed by atoms with Crippen LogP contribution in [-0.4, -0.2) is 10.2 Å². The lowest BCUT2D eigenvalue weighted by atomic mass is 10.1. The van der Waals surface area contributed by atoms with Crippen molar-refractivity contribution >= 4 is 15.9 Å². The molecule has 1 aromatic heterocycles. The Labute approximate surface area is 89.5 Å². The third-order valence-electron chi connectivity index (χ3n) is 1.86. The van der Waals surface area contributed by atoms with Gasteiger partial charge in [-0.25, -0.2) is 0 Å². The molecule has 0 saturated carbocycles. The van der Waals surface area contributed by atoms with Gasteiger partial charge in [0.15, 0.2) is 5.69 Å². The molecule has 1 aromatic carbocycles. The van der Waals surface area contributed by atoms with Crippen molar-refractivity contribution in [1.82, 2.24) is 10.2 Å². The van der Waals surface area contributed by atoms with E-state index in [9.17, 15) is 0 Å². The molecule has 0 atom stereocenters. The zero-order valence-corrected chi connectivity index (χ0v) is 8.75. The third kappa shape index (κ3) is 1.54. The van der Waals surface area contributed by atoms with Crippen molar-refractivity contribution in [1.29, 1.82) is 5.26 Å². The fourth-order valence-corrected chi connectivity index (χ4v) is 1.69. The molecule has 0 aliphatic heterocycles. The Bertz CT molecular complexity index is 496. The summed E-state index contributed by atoms with van der Waals surface area (Å²) in [5.74, 6) is 0. The smallest absolute Gasteiger partial charge is 0.162 e. The molecule has 0 spiro atoms. The van der Waals surface area contributed by atoms with Crippen LogP contribution in [0.3, 0.4) is 0 Å². The summed E-state index contributed by atoms with van der Waals surface area (Å²) in [5, 5.41) is 15.3. The fraction of sp³-hybridized carbons (Fsp3) is 0. The Kier molecular flexibility index (Phi) is 2.33. The van der Waals surface area contributed by atoms with E-state index in [-0.39, 0.29) is 0 Å². The molecule has 0 unspecified atom stereocenters. The minimum atomic E-state index is 0.399. The molecule has 2 aromatic rings. The van der Waals surface area contributed by atoms with E-state index in [2.05, 4.69) is 26.1 Å². The predicted molar refractivity (Wildman–Crippen MR) is 56.4 cm³/mol. The Morgan fingerprint density at radius 3 is 2.79 bits per heavy atom. The summed E-state index contributed by atoms with van der Waals surface area (Å²) < 4.78 is 0.980. The van der Waals surface area contributed by atoms with Crippen molar-refractivity contribution in [3.8, 4) is 17.3 Å². The maximum atomic E-state index is 8.62. The van der Waals surface area contributed by atoms with E-state index >= 15 is 0 Å². The quantitative estimate of drug-likeness (QED) is 0.843. The van der Waals surface area contributed by atoms with Crippen LogP contribution in [0.15, 0.2) is 34.8 Å². The largest absolute Gasteiger partial charge is 0.276 e. The molecular weight excluding hydrogens is 242 g/mol. The van der Waals surface area contributed by atoms with E-state index < -0.39 is 0 Å². The van der Waals surface area contributed by atoms with E-state index in [1.54, 1.807) is 6.07 Å². The Balaban J connectivity index is 2.51.